The molecule has 0 radical (unpaired) electrons. The molecule has 6 nitrogen and oxygen atoms in total. The summed E-state index contributed by atoms with van der Waals surface area (Å²) < 4.78 is 0. The Balaban J connectivity index is 0.00000228. The first-order chi connectivity index (χ1) is 16.5. The molecule has 3 aromatic rings. The number of aryl methyl sites for hydroxylation is 1. The summed E-state index contributed by atoms with van der Waals surface area (Å²) in [4.78, 5) is 32.6. The van der Waals surface area contributed by atoms with Crippen molar-refractivity contribution < 1.29 is 9.59 Å². The van der Waals surface area contributed by atoms with E-state index in [4.69, 9.17) is 11.6 Å². The Morgan fingerprint density at radius 1 is 1.00 bits per heavy atom. The molecule has 4 rings (SSSR count). The number of halogens is 3. The van der Waals surface area contributed by atoms with Crippen molar-refractivity contribution in [3.63, 3.8) is 0 Å². The van der Waals surface area contributed by atoms with Crippen LogP contribution in [0.2, 0.25) is 5.02 Å². The number of nitrogens with zero attached hydrogens (tertiary/aromatic N) is 2. The van der Waals surface area contributed by atoms with Gasteiger partial charge in [-0.05, 0) is 62.6 Å². The Bertz CT molecular complexity index is 1160. The molecule has 2 aromatic carbocycles. The van der Waals surface area contributed by atoms with Crippen molar-refractivity contribution >= 4 is 59.1 Å². The van der Waals surface area contributed by atoms with E-state index < -0.39 is 0 Å². The van der Waals surface area contributed by atoms with Gasteiger partial charge in [0.15, 0.2) is 0 Å². The van der Waals surface area contributed by atoms with Crippen LogP contribution in [0.25, 0.3) is 10.9 Å². The summed E-state index contributed by atoms with van der Waals surface area (Å²) in [5.74, 6) is -0.00189. The van der Waals surface area contributed by atoms with Crippen molar-refractivity contribution in [2.45, 2.75) is 38.6 Å². The maximum Gasteiger partial charge on any atom is 0.254 e. The normalized spacial score (nSPS) is 17.4. The Labute approximate surface area is 230 Å². The second kappa shape index (κ2) is 14.4. The van der Waals surface area contributed by atoms with Crippen LogP contribution >= 0.6 is 36.4 Å². The molecule has 36 heavy (non-hydrogen) atoms. The van der Waals surface area contributed by atoms with Crippen molar-refractivity contribution in [3.8, 4) is 0 Å². The molecule has 0 aliphatic carbocycles. The molecule has 1 aliphatic heterocycles. The van der Waals surface area contributed by atoms with Gasteiger partial charge in [0.1, 0.15) is 0 Å². The van der Waals surface area contributed by atoms with Gasteiger partial charge in [0.2, 0.25) is 5.91 Å². The van der Waals surface area contributed by atoms with Gasteiger partial charge in [-0.1, -0.05) is 41.9 Å². The Morgan fingerprint density at radius 2 is 1.75 bits per heavy atom. The van der Waals surface area contributed by atoms with Crippen molar-refractivity contribution in [1.29, 1.82) is 0 Å². The van der Waals surface area contributed by atoms with E-state index in [9.17, 15) is 9.59 Å². The third-order valence-corrected chi connectivity index (χ3v) is 6.42. The van der Waals surface area contributed by atoms with Gasteiger partial charge >= 0.3 is 0 Å². The number of rotatable bonds is 2. The average molecular weight is 552 g/mol. The summed E-state index contributed by atoms with van der Waals surface area (Å²) >= 11 is 6.23. The highest BCUT2D eigenvalue weighted by Gasteiger charge is 2.21. The average Bonchev–Trinajstić information content (AvgIpc) is 2.85. The van der Waals surface area contributed by atoms with Gasteiger partial charge in [0.05, 0.1) is 11.1 Å². The maximum atomic E-state index is 13.6. The largest absolute Gasteiger partial charge is 0.356 e. The van der Waals surface area contributed by atoms with E-state index in [2.05, 4.69) is 27.8 Å². The van der Waals surface area contributed by atoms with Crippen molar-refractivity contribution in [2.75, 3.05) is 26.2 Å². The minimum absolute atomic E-state index is 0. The third kappa shape index (κ3) is 7.81. The monoisotopic (exact) mass is 550 g/mol. The topological polar surface area (TPSA) is 74.3 Å². The lowest BCUT2D eigenvalue weighted by atomic mass is 10.0. The number of benzene rings is 2. The molecule has 1 atom stereocenters. The molecule has 1 fully saturated rings. The Kier molecular flexibility index (Phi) is 11.9. The van der Waals surface area contributed by atoms with Crippen LogP contribution in [0, 0.1) is 6.92 Å². The van der Waals surface area contributed by atoms with Crippen LogP contribution in [0.1, 0.15) is 53.3 Å². The van der Waals surface area contributed by atoms with Gasteiger partial charge in [0.25, 0.3) is 5.91 Å². The molecule has 1 saturated heterocycles. The molecule has 2 heterocycles. The maximum absolute atomic E-state index is 13.6. The molecule has 2 N–H and O–H groups in total. The molecular weight excluding hydrogens is 519 g/mol. The first kappa shape index (κ1) is 29.8. The van der Waals surface area contributed by atoms with Crippen LogP contribution < -0.4 is 10.6 Å². The van der Waals surface area contributed by atoms with Gasteiger partial charge in [0, 0.05) is 48.2 Å². The first-order valence-electron chi connectivity index (χ1n) is 11.9. The highest BCUT2D eigenvalue weighted by Crippen LogP contribution is 2.24. The molecule has 1 aliphatic rings. The van der Waals surface area contributed by atoms with E-state index in [1.54, 1.807) is 6.07 Å². The quantitative estimate of drug-likeness (QED) is 0.441. The van der Waals surface area contributed by atoms with Crippen LogP contribution in [0.5, 0.6) is 0 Å². The first-order valence-corrected chi connectivity index (χ1v) is 12.3. The second-order valence-corrected chi connectivity index (χ2v) is 9.23. The number of carbonyl (C=O) groups excluding carboxylic acids is 2. The highest BCUT2D eigenvalue weighted by molar-refractivity contribution is 6.31. The number of pyridine rings is 1. The van der Waals surface area contributed by atoms with E-state index >= 15 is 0 Å². The van der Waals surface area contributed by atoms with Crippen LogP contribution in [0.3, 0.4) is 0 Å². The molecule has 1 aromatic heterocycles. The van der Waals surface area contributed by atoms with Gasteiger partial charge in [-0.25, -0.2) is 0 Å². The van der Waals surface area contributed by atoms with Gasteiger partial charge in [-0.3, -0.25) is 14.6 Å². The summed E-state index contributed by atoms with van der Waals surface area (Å²) in [6.45, 7) is 4.45. The number of amides is 2. The standard InChI is InChI=1S/C27H31ClN4O2.2ClH/c1-19-16-23(22-17-21(28)10-11-24(22)31-19)27(34)32-14-6-5-12-29-25(20-8-3-2-4-9-20)18-26(33)30-13-7-15-32;;/h2-4,8-11,16-17,25,29H,5-7,12-15,18H2,1H3,(H,30,33);2*1H. The fourth-order valence-corrected chi connectivity index (χ4v) is 4.62. The molecule has 9 heteroatoms. The molecule has 0 saturated carbocycles. The molecule has 194 valence electrons. The van der Waals surface area contributed by atoms with Crippen LogP contribution in [-0.4, -0.2) is 47.9 Å². The van der Waals surface area contributed by atoms with Crippen LogP contribution in [0.15, 0.2) is 54.6 Å². The Morgan fingerprint density at radius 3 is 2.53 bits per heavy atom. The van der Waals surface area contributed by atoms with Crippen LogP contribution in [0.4, 0.5) is 0 Å². The second-order valence-electron chi connectivity index (χ2n) is 8.80. The summed E-state index contributed by atoms with van der Waals surface area (Å²) in [5.41, 5.74) is 3.30. The number of hydrogen-bond donors (Lipinski definition) is 2. The summed E-state index contributed by atoms with van der Waals surface area (Å²) in [7, 11) is 0. The number of fused-ring (bicyclic) bond motifs is 1. The highest BCUT2D eigenvalue weighted by atomic mass is 35.5. The number of nitrogens with one attached hydrogen (secondary N) is 2. The van der Waals surface area contributed by atoms with Crippen molar-refractivity contribution in [3.05, 3.63) is 76.4 Å². The summed E-state index contributed by atoms with van der Waals surface area (Å²) in [6.07, 6.45) is 2.89. The van der Waals surface area contributed by atoms with E-state index in [0.717, 1.165) is 41.5 Å². The number of hydrogen-bond acceptors (Lipinski definition) is 4. The fourth-order valence-electron chi connectivity index (χ4n) is 4.45. The van der Waals surface area contributed by atoms with Crippen molar-refractivity contribution in [2.24, 2.45) is 0 Å². The predicted molar refractivity (Wildman–Crippen MR) is 151 cm³/mol. The predicted octanol–water partition coefficient (Wildman–Crippen LogP) is 5.50. The minimum Gasteiger partial charge on any atom is -0.356 e. The molecular formula is C27H33Cl3N4O2. The lowest BCUT2D eigenvalue weighted by Crippen LogP contribution is -2.35. The summed E-state index contributed by atoms with van der Waals surface area (Å²) in [6, 6.07) is 17.4. The molecule has 0 spiro atoms. The lowest BCUT2D eigenvalue weighted by molar-refractivity contribution is -0.121. The molecule has 2 amide bonds. The zero-order chi connectivity index (χ0) is 23.9. The third-order valence-electron chi connectivity index (χ3n) is 6.18. The van der Waals surface area contributed by atoms with Gasteiger partial charge in [-0.2, -0.15) is 0 Å². The zero-order valence-electron chi connectivity index (χ0n) is 20.3. The SMILES string of the molecule is Cc1cc(C(=O)N2CCCCNC(c3ccccc3)CC(=O)NCCC2)c2cc(Cl)ccc2n1.Cl.Cl. The fraction of sp³-hybridized carbons (Fsp3) is 0.370. The van der Waals surface area contributed by atoms with Crippen LogP contribution in [-0.2, 0) is 4.79 Å². The number of carbonyl (C=O) groups is 2. The minimum atomic E-state index is -0.0194. The smallest absolute Gasteiger partial charge is 0.254 e. The summed E-state index contributed by atoms with van der Waals surface area (Å²) in [5, 5.41) is 7.91. The number of aromatic nitrogens is 1. The van der Waals surface area contributed by atoms with E-state index in [1.165, 1.54) is 0 Å². The van der Waals surface area contributed by atoms with E-state index in [1.807, 2.05) is 48.2 Å². The van der Waals surface area contributed by atoms with Gasteiger partial charge < -0.3 is 15.5 Å². The van der Waals surface area contributed by atoms with E-state index in [-0.39, 0.29) is 42.7 Å². The van der Waals surface area contributed by atoms with Gasteiger partial charge in [-0.15, -0.1) is 24.8 Å². The zero-order valence-corrected chi connectivity index (χ0v) is 22.7. The lowest BCUT2D eigenvalue weighted by Gasteiger charge is -2.24. The molecule has 1 unspecified atom stereocenters. The molecule has 0 bridgehead atoms. The van der Waals surface area contributed by atoms with E-state index in [0.29, 0.717) is 43.1 Å². The van der Waals surface area contributed by atoms with Crippen molar-refractivity contribution in [1.82, 2.24) is 20.5 Å². The Hall–Kier alpha value is -2.38.